The van der Waals surface area contributed by atoms with E-state index in [0.717, 1.165) is 34.7 Å². The monoisotopic (exact) mass is 420 g/mol. The van der Waals surface area contributed by atoms with Crippen molar-refractivity contribution in [2.24, 2.45) is 0 Å². The Labute approximate surface area is 181 Å². The van der Waals surface area contributed by atoms with Crippen LogP contribution < -0.4 is 10.1 Å². The maximum Gasteiger partial charge on any atom is 0.258 e. The average Bonchev–Trinajstić information content (AvgIpc) is 3.24. The molecule has 0 radical (unpaired) electrons. The molecule has 1 N–H and O–H groups in total. The Morgan fingerprint density at radius 2 is 1.93 bits per heavy atom. The molecule has 30 heavy (non-hydrogen) atoms. The third-order valence-electron chi connectivity index (χ3n) is 5.31. The van der Waals surface area contributed by atoms with E-state index in [1.54, 1.807) is 7.11 Å². The van der Waals surface area contributed by atoms with Gasteiger partial charge in [0.2, 0.25) is 5.82 Å². The molecule has 0 saturated heterocycles. The minimum absolute atomic E-state index is 0.167. The first-order valence-corrected chi connectivity index (χ1v) is 10.3. The standard InChI is InChI=1S/C23H24N4O2S/c1-5-27-15(3)19(20(24-23(27)30)16-11-9-14(2)10-12-16)22-25-21(26-29-22)17-7-6-8-18(13-17)28-4/h6-13,20H,5H2,1-4H3,(H,24,30). The Hall–Kier alpha value is -3.19. The van der Waals surface area contributed by atoms with Crippen molar-refractivity contribution in [3.8, 4) is 17.1 Å². The first-order chi connectivity index (χ1) is 14.5. The summed E-state index contributed by atoms with van der Waals surface area (Å²) in [7, 11) is 1.64. The maximum atomic E-state index is 5.74. The highest BCUT2D eigenvalue weighted by Gasteiger charge is 2.33. The molecule has 1 aromatic heterocycles. The molecule has 1 atom stereocenters. The predicted octanol–water partition coefficient (Wildman–Crippen LogP) is 4.74. The number of aromatic nitrogens is 2. The van der Waals surface area contributed by atoms with Crippen molar-refractivity contribution >= 4 is 22.9 Å². The number of nitrogens with zero attached hydrogens (tertiary/aromatic N) is 3. The van der Waals surface area contributed by atoms with Crippen LogP contribution in [0.25, 0.3) is 17.0 Å². The summed E-state index contributed by atoms with van der Waals surface area (Å²) in [5, 5.41) is 8.37. The van der Waals surface area contributed by atoms with E-state index in [1.165, 1.54) is 5.56 Å². The van der Waals surface area contributed by atoms with Crippen molar-refractivity contribution < 1.29 is 9.26 Å². The first-order valence-electron chi connectivity index (χ1n) is 9.85. The third kappa shape index (κ3) is 3.68. The molecule has 1 aliphatic rings. The van der Waals surface area contributed by atoms with Gasteiger partial charge in [0.1, 0.15) is 5.75 Å². The zero-order chi connectivity index (χ0) is 21.3. The van der Waals surface area contributed by atoms with Gasteiger partial charge < -0.3 is 19.5 Å². The van der Waals surface area contributed by atoms with Crippen molar-refractivity contribution in [1.82, 2.24) is 20.4 Å². The molecule has 3 aromatic rings. The Morgan fingerprint density at radius 3 is 2.63 bits per heavy atom. The van der Waals surface area contributed by atoms with Crippen LogP contribution in [0, 0.1) is 6.92 Å². The lowest BCUT2D eigenvalue weighted by Gasteiger charge is -2.36. The van der Waals surface area contributed by atoms with Gasteiger partial charge in [0.15, 0.2) is 5.11 Å². The summed E-state index contributed by atoms with van der Waals surface area (Å²) >= 11 is 5.62. The van der Waals surface area contributed by atoms with Crippen LogP contribution in [0.2, 0.25) is 0 Å². The number of nitrogens with one attached hydrogen (secondary N) is 1. The summed E-state index contributed by atoms with van der Waals surface area (Å²) < 4.78 is 11.1. The van der Waals surface area contributed by atoms with E-state index in [0.29, 0.717) is 16.8 Å². The van der Waals surface area contributed by atoms with Crippen molar-refractivity contribution in [1.29, 1.82) is 0 Å². The van der Waals surface area contributed by atoms with Crippen LogP contribution in [-0.2, 0) is 0 Å². The van der Waals surface area contributed by atoms with E-state index >= 15 is 0 Å². The molecule has 0 aliphatic carbocycles. The number of benzene rings is 2. The molecule has 1 unspecified atom stereocenters. The van der Waals surface area contributed by atoms with Crippen molar-refractivity contribution in [3.63, 3.8) is 0 Å². The first kappa shape index (κ1) is 20.1. The molecule has 0 bridgehead atoms. The van der Waals surface area contributed by atoms with E-state index in [1.807, 2.05) is 36.1 Å². The topological polar surface area (TPSA) is 63.4 Å². The number of allylic oxidation sites excluding steroid dienone is 1. The van der Waals surface area contributed by atoms with Gasteiger partial charge in [0, 0.05) is 17.8 Å². The van der Waals surface area contributed by atoms with Crippen LogP contribution >= 0.6 is 12.2 Å². The Bertz CT molecular complexity index is 1100. The molecular formula is C23H24N4O2S. The average molecular weight is 421 g/mol. The van der Waals surface area contributed by atoms with E-state index in [-0.39, 0.29) is 6.04 Å². The summed E-state index contributed by atoms with van der Waals surface area (Å²) in [6, 6.07) is 15.8. The van der Waals surface area contributed by atoms with Crippen LogP contribution in [0.15, 0.2) is 58.8 Å². The molecule has 154 valence electrons. The quantitative estimate of drug-likeness (QED) is 0.598. The second kappa shape index (κ2) is 8.28. The smallest absolute Gasteiger partial charge is 0.258 e. The molecule has 2 aromatic carbocycles. The number of aryl methyl sites for hydroxylation is 1. The molecule has 1 aliphatic heterocycles. The van der Waals surface area contributed by atoms with Gasteiger partial charge in [0.25, 0.3) is 5.89 Å². The number of hydrogen-bond acceptors (Lipinski definition) is 5. The minimum Gasteiger partial charge on any atom is -0.497 e. The normalized spacial score (nSPS) is 16.6. The number of ether oxygens (including phenoxy) is 1. The molecule has 0 spiro atoms. The highest BCUT2D eigenvalue weighted by atomic mass is 32.1. The highest BCUT2D eigenvalue weighted by molar-refractivity contribution is 7.80. The SMILES string of the molecule is CCN1C(=S)NC(c2ccc(C)cc2)C(c2nc(-c3cccc(OC)c3)no2)=C1C. The fraction of sp³-hybridized carbons (Fsp3) is 0.261. The van der Waals surface area contributed by atoms with Gasteiger partial charge in [0.05, 0.1) is 18.7 Å². The fourth-order valence-corrected chi connectivity index (χ4v) is 4.04. The van der Waals surface area contributed by atoms with Gasteiger partial charge in [-0.05, 0) is 50.7 Å². The van der Waals surface area contributed by atoms with Crippen LogP contribution in [-0.4, -0.2) is 33.8 Å². The van der Waals surface area contributed by atoms with Crippen LogP contribution in [0.5, 0.6) is 5.75 Å². The number of rotatable bonds is 5. The van der Waals surface area contributed by atoms with E-state index in [2.05, 4.69) is 48.6 Å². The lowest BCUT2D eigenvalue weighted by Crippen LogP contribution is -2.45. The van der Waals surface area contributed by atoms with Gasteiger partial charge in [-0.2, -0.15) is 4.98 Å². The van der Waals surface area contributed by atoms with Crippen molar-refractivity contribution in [2.75, 3.05) is 13.7 Å². The number of thiocarbonyl (C=S) groups is 1. The zero-order valence-electron chi connectivity index (χ0n) is 17.5. The summed E-state index contributed by atoms with van der Waals surface area (Å²) in [5.74, 6) is 1.74. The Morgan fingerprint density at radius 1 is 1.17 bits per heavy atom. The summed E-state index contributed by atoms with van der Waals surface area (Å²) in [6.45, 7) is 6.93. The summed E-state index contributed by atoms with van der Waals surface area (Å²) in [5.41, 5.74) is 5.06. The lowest BCUT2D eigenvalue weighted by molar-refractivity contribution is 0.398. The van der Waals surface area contributed by atoms with Gasteiger partial charge in [-0.1, -0.05) is 47.1 Å². The van der Waals surface area contributed by atoms with Gasteiger partial charge in [-0.25, -0.2) is 0 Å². The van der Waals surface area contributed by atoms with Crippen LogP contribution in [0.1, 0.15) is 36.9 Å². The Kier molecular flexibility index (Phi) is 5.55. The van der Waals surface area contributed by atoms with Crippen molar-refractivity contribution in [3.05, 3.63) is 71.2 Å². The van der Waals surface area contributed by atoms with E-state index in [4.69, 9.17) is 26.5 Å². The largest absolute Gasteiger partial charge is 0.497 e. The molecule has 0 saturated carbocycles. The number of hydrogen-bond donors (Lipinski definition) is 1. The molecule has 4 rings (SSSR count). The highest BCUT2D eigenvalue weighted by Crippen LogP contribution is 2.37. The van der Waals surface area contributed by atoms with Gasteiger partial charge in [-0.3, -0.25) is 0 Å². The van der Waals surface area contributed by atoms with Gasteiger partial charge >= 0.3 is 0 Å². The summed E-state index contributed by atoms with van der Waals surface area (Å²) in [6.07, 6.45) is 0. The summed E-state index contributed by atoms with van der Waals surface area (Å²) in [4.78, 5) is 6.76. The second-order valence-electron chi connectivity index (χ2n) is 7.19. The molecule has 7 heteroatoms. The molecule has 0 fully saturated rings. The molecule has 0 amide bonds. The van der Waals surface area contributed by atoms with E-state index in [9.17, 15) is 0 Å². The molecule has 6 nitrogen and oxygen atoms in total. The predicted molar refractivity (Wildman–Crippen MR) is 121 cm³/mol. The second-order valence-corrected chi connectivity index (χ2v) is 7.58. The van der Waals surface area contributed by atoms with Crippen LogP contribution in [0.4, 0.5) is 0 Å². The molecular weight excluding hydrogens is 396 g/mol. The van der Waals surface area contributed by atoms with E-state index < -0.39 is 0 Å². The minimum atomic E-state index is -0.167. The zero-order valence-corrected chi connectivity index (χ0v) is 18.3. The van der Waals surface area contributed by atoms with Crippen LogP contribution in [0.3, 0.4) is 0 Å². The molecule has 2 heterocycles. The van der Waals surface area contributed by atoms with Crippen molar-refractivity contribution in [2.45, 2.75) is 26.8 Å². The lowest BCUT2D eigenvalue weighted by atomic mass is 9.94. The number of methoxy groups -OCH3 is 1. The third-order valence-corrected chi connectivity index (χ3v) is 5.65. The maximum absolute atomic E-state index is 5.74. The Balaban J connectivity index is 1.80. The van der Waals surface area contributed by atoms with Gasteiger partial charge in [-0.15, -0.1) is 0 Å². The fourth-order valence-electron chi connectivity index (χ4n) is 3.66.